The van der Waals surface area contributed by atoms with Gasteiger partial charge in [-0.3, -0.25) is 4.79 Å². The predicted molar refractivity (Wildman–Crippen MR) is 111 cm³/mol. The van der Waals surface area contributed by atoms with Crippen molar-refractivity contribution in [3.05, 3.63) is 36.5 Å². The quantitative estimate of drug-likeness (QED) is 0.507. The highest BCUT2D eigenvalue weighted by Gasteiger charge is 2.33. The molecule has 3 N–H and O–H groups in total. The first-order chi connectivity index (χ1) is 14.9. The monoisotopic (exact) mass is 455 g/mol. The second-order valence-corrected chi connectivity index (χ2v) is 7.32. The van der Waals surface area contributed by atoms with E-state index in [2.05, 4.69) is 20.4 Å². The summed E-state index contributed by atoms with van der Waals surface area (Å²) in [6.07, 6.45) is -4.23. The number of pyridine rings is 1. The Morgan fingerprint density at radius 2 is 1.81 bits per heavy atom. The molecule has 1 aromatic carbocycles. The van der Waals surface area contributed by atoms with E-state index in [9.17, 15) is 22.8 Å². The number of amides is 2. The minimum absolute atomic E-state index is 0.0567. The molecule has 2 amide bonds. The van der Waals surface area contributed by atoms with Gasteiger partial charge >= 0.3 is 12.5 Å². The first-order valence-electron chi connectivity index (χ1n) is 9.69. The lowest BCUT2D eigenvalue weighted by molar-refractivity contribution is -0.275. The average molecular weight is 455 g/mol. The molecule has 1 aromatic heterocycles. The topological polar surface area (TPSA) is 110 Å². The van der Waals surface area contributed by atoms with Gasteiger partial charge in [-0.1, -0.05) is 13.0 Å². The van der Waals surface area contributed by atoms with Crippen molar-refractivity contribution in [2.45, 2.75) is 39.6 Å². The number of aromatic nitrogens is 1. The second kappa shape index (κ2) is 10.7. The highest BCUT2D eigenvalue weighted by molar-refractivity contribution is 5.88. The number of anilines is 1. The molecule has 0 aliphatic heterocycles. The van der Waals surface area contributed by atoms with E-state index >= 15 is 0 Å². The van der Waals surface area contributed by atoms with Crippen molar-refractivity contribution in [3.8, 4) is 22.6 Å². The molecular formula is C21H24F3N3O5. The van der Waals surface area contributed by atoms with Gasteiger partial charge in [-0.05, 0) is 54.7 Å². The average Bonchev–Trinajstić information content (AvgIpc) is 2.64. The highest BCUT2D eigenvalue weighted by atomic mass is 19.4. The molecule has 0 aliphatic rings. The van der Waals surface area contributed by atoms with E-state index in [0.29, 0.717) is 17.5 Å². The third kappa shape index (κ3) is 8.32. The summed E-state index contributed by atoms with van der Waals surface area (Å²) in [4.78, 5) is 25.9. The largest absolute Gasteiger partial charge is 0.573 e. The van der Waals surface area contributed by atoms with Crippen LogP contribution < -0.4 is 20.1 Å². The van der Waals surface area contributed by atoms with Gasteiger partial charge in [0.15, 0.2) is 11.5 Å². The fourth-order valence-corrected chi connectivity index (χ4v) is 3.04. The Morgan fingerprint density at radius 1 is 1.12 bits per heavy atom. The molecule has 2 atom stereocenters. The summed E-state index contributed by atoms with van der Waals surface area (Å²) >= 11 is 0. The van der Waals surface area contributed by atoms with Gasteiger partial charge in [0.2, 0.25) is 5.91 Å². The Bertz CT molecular complexity index is 953. The fraction of sp³-hybridized carbons (Fsp3) is 0.381. The number of carboxylic acid groups (broad SMARTS) is 1. The molecule has 174 valence electrons. The Hall–Kier alpha value is -3.50. The molecule has 0 bridgehead atoms. The maximum atomic E-state index is 13.0. The maximum absolute atomic E-state index is 13.0. The molecule has 0 radical (unpaired) electrons. The van der Waals surface area contributed by atoms with Gasteiger partial charge in [-0.2, -0.15) is 0 Å². The molecule has 8 nitrogen and oxygen atoms in total. The zero-order valence-corrected chi connectivity index (χ0v) is 17.7. The number of alkyl halides is 3. The van der Waals surface area contributed by atoms with Gasteiger partial charge in [0, 0.05) is 19.2 Å². The van der Waals surface area contributed by atoms with Crippen LogP contribution in [0.5, 0.6) is 11.5 Å². The number of nitrogens with one attached hydrogen (secondary N) is 2. The number of rotatable bonds is 9. The van der Waals surface area contributed by atoms with E-state index in [1.165, 1.54) is 31.3 Å². The highest BCUT2D eigenvalue weighted by Crippen LogP contribution is 2.36. The first-order valence-corrected chi connectivity index (χ1v) is 9.69. The van der Waals surface area contributed by atoms with E-state index in [1.54, 1.807) is 26.0 Å². The zero-order chi connectivity index (χ0) is 23.9. The van der Waals surface area contributed by atoms with Crippen LogP contribution in [0.2, 0.25) is 0 Å². The molecule has 0 fully saturated rings. The van der Waals surface area contributed by atoms with Crippen molar-refractivity contribution in [1.82, 2.24) is 10.3 Å². The molecule has 32 heavy (non-hydrogen) atoms. The standard InChI is InChI=1S/C21H24F3N3O5/c1-12(8-13(2)26-20(29)30)11-31-17-5-4-15(9-18(17)32-21(22,23)24)16-6-7-25-19(10-16)27-14(3)28/h4-7,9-10,12-13,26H,8,11H2,1-3H3,(H,29,30)(H,25,27,28). The zero-order valence-electron chi connectivity index (χ0n) is 17.7. The van der Waals surface area contributed by atoms with E-state index < -0.39 is 18.2 Å². The van der Waals surface area contributed by atoms with Gasteiger partial charge in [-0.15, -0.1) is 13.2 Å². The first kappa shape index (κ1) is 24.8. The molecule has 0 saturated heterocycles. The van der Waals surface area contributed by atoms with E-state index in [4.69, 9.17) is 9.84 Å². The van der Waals surface area contributed by atoms with Gasteiger partial charge in [0.25, 0.3) is 0 Å². The van der Waals surface area contributed by atoms with E-state index in [-0.39, 0.29) is 36.0 Å². The van der Waals surface area contributed by atoms with Crippen molar-refractivity contribution in [2.75, 3.05) is 11.9 Å². The van der Waals surface area contributed by atoms with Crippen LogP contribution in [0.1, 0.15) is 27.2 Å². The number of hydrogen-bond acceptors (Lipinski definition) is 5. The predicted octanol–water partition coefficient (Wildman–Crippen LogP) is 4.67. The van der Waals surface area contributed by atoms with Gasteiger partial charge in [0.1, 0.15) is 5.82 Å². The second-order valence-electron chi connectivity index (χ2n) is 7.32. The summed E-state index contributed by atoms with van der Waals surface area (Å²) in [5.41, 5.74) is 0.919. The van der Waals surface area contributed by atoms with Gasteiger partial charge < -0.3 is 25.2 Å². The van der Waals surface area contributed by atoms with Crippen LogP contribution in [0.3, 0.4) is 0 Å². The third-order valence-corrected chi connectivity index (χ3v) is 4.22. The van der Waals surface area contributed by atoms with Crippen LogP contribution in [0, 0.1) is 5.92 Å². The summed E-state index contributed by atoms with van der Waals surface area (Å²) in [6.45, 7) is 4.84. The number of carbonyl (C=O) groups is 2. The van der Waals surface area contributed by atoms with Crippen LogP contribution in [0.15, 0.2) is 36.5 Å². The molecule has 0 saturated carbocycles. The minimum atomic E-state index is -4.93. The summed E-state index contributed by atoms with van der Waals surface area (Å²) in [5, 5.41) is 13.6. The van der Waals surface area contributed by atoms with Crippen LogP contribution in [-0.4, -0.2) is 41.1 Å². The van der Waals surface area contributed by atoms with Gasteiger partial charge in [-0.25, -0.2) is 9.78 Å². The molecule has 2 aromatic rings. The van der Waals surface area contributed by atoms with Crippen molar-refractivity contribution in [1.29, 1.82) is 0 Å². The number of ether oxygens (including phenoxy) is 2. The third-order valence-electron chi connectivity index (χ3n) is 4.22. The molecular weight excluding hydrogens is 431 g/mol. The summed E-state index contributed by atoms with van der Waals surface area (Å²) < 4.78 is 48.6. The fourth-order valence-electron chi connectivity index (χ4n) is 3.04. The minimum Gasteiger partial charge on any atom is -0.489 e. The molecule has 2 rings (SSSR count). The normalized spacial score (nSPS) is 13.1. The smallest absolute Gasteiger partial charge is 0.489 e. The van der Waals surface area contributed by atoms with Crippen LogP contribution in [0.25, 0.3) is 11.1 Å². The SMILES string of the molecule is CC(=O)Nc1cc(-c2ccc(OCC(C)CC(C)NC(=O)O)c(OC(F)(F)F)c2)ccn1. The van der Waals surface area contributed by atoms with Crippen molar-refractivity contribution >= 4 is 17.8 Å². The summed E-state index contributed by atoms with van der Waals surface area (Å²) in [5.74, 6) is -0.839. The Kier molecular flexibility index (Phi) is 8.27. The van der Waals surface area contributed by atoms with Crippen molar-refractivity contribution in [3.63, 3.8) is 0 Å². The Balaban J connectivity index is 2.21. The Labute approximate surface area is 182 Å². The summed E-state index contributed by atoms with van der Waals surface area (Å²) in [7, 11) is 0. The van der Waals surface area contributed by atoms with E-state index in [0.717, 1.165) is 0 Å². The lowest BCUT2D eigenvalue weighted by Crippen LogP contribution is -2.33. The maximum Gasteiger partial charge on any atom is 0.573 e. The molecule has 0 spiro atoms. The van der Waals surface area contributed by atoms with Crippen LogP contribution in [0.4, 0.5) is 23.8 Å². The lowest BCUT2D eigenvalue weighted by Gasteiger charge is -2.20. The van der Waals surface area contributed by atoms with Gasteiger partial charge in [0.05, 0.1) is 6.61 Å². The molecule has 2 unspecified atom stereocenters. The van der Waals surface area contributed by atoms with Crippen molar-refractivity contribution in [2.24, 2.45) is 5.92 Å². The van der Waals surface area contributed by atoms with Crippen molar-refractivity contribution < 1.29 is 37.3 Å². The Morgan fingerprint density at radius 3 is 2.44 bits per heavy atom. The number of benzene rings is 1. The van der Waals surface area contributed by atoms with Crippen LogP contribution in [-0.2, 0) is 4.79 Å². The van der Waals surface area contributed by atoms with Crippen LogP contribution >= 0.6 is 0 Å². The molecule has 0 aliphatic carbocycles. The number of hydrogen-bond donors (Lipinski definition) is 3. The molecule has 1 heterocycles. The number of nitrogens with zero attached hydrogens (tertiary/aromatic N) is 1. The number of halogens is 3. The number of carbonyl (C=O) groups excluding carboxylic acids is 1. The van der Waals surface area contributed by atoms with E-state index in [1.807, 2.05) is 0 Å². The lowest BCUT2D eigenvalue weighted by atomic mass is 10.0. The molecule has 11 heteroatoms. The summed E-state index contributed by atoms with van der Waals surface area (Å²) in [6, 6.07) is 6.87.